The molecule has 0 unspecified atom stereocenters. The van der Waals surface area contributed by atoms with Crippen molar-refractivity contribution in [2.24, 2.45) is 14.1 Å². The molecule has 1 amide bonds. The molecule has 0 aliphatic heterocycles. The number of carbonyl (C=O) groups is 1. The number of benzene rings is 1. The van der Waals surface area contributed by atoms with E-state index in [9.17, 15) is 4.79 Å². The van der Waals surface area contributed by atoms with Crippen LogP contribution in [0.5, 0.6) is 5.75 Å². The normalized spacial score (nSPS) is 10.7. The summed E-state index contributed by atoms with van der Waals surface area (Å²) in [6.45, 7) is 1.85. The number of aryl methyl sites for hydroxylation is 2. The Morgan fingerprint density at radius 1 is 1.21 bits per heavy atom. The number of hydrogen-bond acceptors (Lipinski definition) is 4. The predicted molar refractivity (Wildman–Crippen MR) is 91.1 cm³/mol. The van der Waals surface area contributed by atoms with E-state index in [1.807, 2.05) is 37.3 Å². The van der Waals surface area contributed by atoms with Gasteiger partial charge < -0.3 is 10.1 Å². The van der Waals surface area contributed by atoms with E-state index in [0.29, 0.717) is 11.4 Å². The second-order valence-electron chi connectivity index (χ2n) is 5.49. The number of amides is 1. The zero-order chi connectivity index (χ0) is 17.3. The van der Waals surface area contributed by atoms with E-state index < -0.39 is 0 Å². The van der Waals surface area contributed by atoms with Gasteiger partial charge in [0.1, 0.15) is 11.6 Å². The maximum atomic E-state index is 12.4. The second kappa shape index (κ2) is 6.19. The van der Waals surface area contributed by atoms with Gasteiger partial charge in [-0.15, -0.1) is 0 Å². The van der Waals surface area contributed by atoms with Gasteiger partial charge in [-0.3, -0.25) is 14.2 Å². The summed E-state index contributed by atoms with van der Waals surface area (Å²) in [6.07, 6.45) is 1.56. The van der Waals surface area contributed by atoms with Crippen LogP contribution in [0.2, 0.25) is 0 Å². The highest BCUT2D eigenvalue weighted by Crippen LogP contribution is 2.25. The average molecular weight is 325 g/mol. The van der Waals surface area contributed by atoms with Gasteiger partial charge in [-0.2, -0.15) is 10.2 Å². The van der Waals surface area contributed by atoms with Gasteiger partial charge in [-0.05, 0) is 19.1 Å². The quantitative estimate of drug-likeness (QED) is 0.799. The molecule has 1 aromatic carbocycles. The van der Waals surface area contributed by atoms with Crippen molar-refractivity contribution in [2.45, 2.75) is 6.92 Å². The summed E-state index contributed by atoms with van der Waals surface area (Å²) in [4.78, 5) is 12.4. The molecule has 0 aliphatic rings. The highest BCUT2D eigenvalue weighted by molar-refractivity contribution is 6.04. The summed E-state index contributed by atoms with van der Waals surface area (Å²) in [5, 5.41) is 11.4. The fourth-order valence-electron chi connectivity index (χ4n) is 2.41. The smallest absolute Gasteiger partial charge is 0.260 e. The summed E-state index contributed by atoms with van der Waals surface area (Å²) in [6, 6.07) is 9.46. The van der Waals surface area contributed by atoms with Gasteiger partial charge in [0.25, 0.3) is 5.91 Å². The van der Waals surface area contributed by atoms with Gasteiger partial charge in [0, 0.05) is 31.4 Å². The molecule has 7 nitrogen and oxygen atoms in total. The monoisotopic (exact) mass is 325 g/mol. The Morgan fingerprint density at radius 3 is 2.67 bits per heavy atom. The molecule has 1 N–H and O–H groups in total. The molecule has 0 bridgehead atoms. The van der Waals surface area contributed by atoms with Crippen molar-refractivity contribution in [1.29, 1.82) is 0 Å². The summed E-state index contributed by atoms with van der Waals surface area (Å²) in [5.74, 6) is 1.16. The number of nitrogens with zero attached hydrogens (tertiary/aromatic N) is 4. The Bertz CT molecular complexity index is 894. The molecule has 0 saturated carbocycles. The van der Waals surface area contributed by atoms with Crippen molar-refractivity contribution in [3.05, 3.63) is 47.8 Å². The van der Waals surface area contributed by atoms with Gasteiger partial charge in [-0.1, -0.05) is 12.1 Å². The van der Waals surface area contributed by atoms with Crippen molar-refractivity contribution in [1.82, 2.24) is 19.6 Å². The van der Waals surface area contributed by atoms with Gasteiger partial charge in [0.2, 0.25) is 0 Å². The minimum Gasteiger partial charge on any atom is -0.497 e. The largest absolute Gasteiger partial charge is 0.497 e. The van der Waals surface area contributed by atoms with Gasteiger partial charge >= 0.3 is 0 Å². The summed E-state index contributed by atoms with van der Waals surface area (Å²) in [5.41, 5.74) is 3.03. The number of methoxy groups -OCH3 is 1. The van der Waals surface area contributed by atoms with Crippen LogP contribution < -0.4 is 10.1 Å². The molecule has 24 heavy (non-hydrogen) atoms. The molecule has 2 aromatic heterocycles. The Hall–Kier alpha value is -3.09. The van der Waals surface area contributed by atoms with Gasteiger partial charge in [0.05, 0.1) is 24.6 Å². The first-order valence-electron chi connectivity index (χ1n) is 7.48. The number of aromatic nitrogens is 4. The third-order valence-corrected chi connectivity index (χ3v) is 3.97. The van der Waals surface area contributed by atoms with E-state index in [2.05, 4.69) is 15.5 Å². The maximum Gasteiger partial charge on any atom is 0.260 e. The van der Waals surface area contributed by atoms with Crippen LogP contribution >= 0.6 is 0 Å². The maximum absolute atomic E-state index is 12.4. The number of anilines is 1. The molecule has 0 radical (unpaired) electrons. The topological polar surface area (TPSA) is 74.0 Å². The fraction of sp³-hybridized carbons (Fsp3) is 0.235. The molecule has 0 saturated heterocycles. The van der Waals surface area contributed by atoms with Crippen molar-refractivity contribution in [3.8, 4) is 17.0 Å². The third-order valence-electron chi connectivity index (χ3n) is 3.97. The predicted octanol–water partition coefficient (Wildman–Crippen LogP) is 2.39. The lowest BCUT2D eigenvalue weighted by Gasteiger charge is -2.04. The Kier molecular flexibility index (Phi) is 4.07. The molecule has 0 spiro atoms. The summed E-state index contributed by atoms with van der Waals surface area (Å²) in [7, 11) is 5.21. The molecule has 124 valence electrons. The highest BCUT2D eigenvalue weighted by atomic mass is 16.5. The lowest BCUT2D eigenvalue weighted by Crippen LogP contribution is -2.15. The van der Waals surface area contributed by atoms with Crippen LogP contribution in [0.1, 0.15) is 16.1 Å². The number of hydrogen-bond donors (Lipinski definition) is 1. The van der Waals surface area contributed by atoms with E-state index in [4.69, 9.17) is 4.74 Å². The van der Waals surface area contributed by atoms with E-state index in [1.54, 1.807) is 36.8 Å². The molecule has 0 aliphatic carbocycles. The highest BCUT2D eigenvalue weighted by Gasteiger charge is 2.16. The lowest BCUT2D eigenvalue weighted by atomic mass is 10.1. The third kappa shape index (κ3) is 2.88. The van der Waals surface area contributed by atoms with E-state index in [1.165, 1.54) is 0 Å². The summed E-state index contributed by atoms with van der Waals surface area (Å²) >= 11 is 0. The molecule has 0 atom stereocenters. The molecule has 7 heteroatoms. The van der Waals surface area contributed by atoms with E-state index in [0.717, 1.165) is 22.7 Å². The van der Waals surface area contributed by atoms with Crippen molar-refractivity contribution in [2.75, 3.05) is 12.4 Å². The van der Waals surface area contributed by atoms with E-state index >= 15 is 0 Å². The zero-order valence-electron chi connectivity index (χ0n) is 14.1. The first kappa shape index (κ1) is 15.8. The Balaban J connectivity index is 1.86. The van der Waals surface area contributed by atoms with Crippen LogP contribution in [-0.2, 0) is 14.1 Å². The van der Waals surface area contributed by atoms with Crippen LogP contribution in [0.4, 0.5) is 5.82 Å². The van der Waals surface area contributed by atoms with Crippen LogP contribution in [0.25, 0.3) is 11.3 Å². The molecular weight excluding hydrogens is 306 g/mol. The Labute approximate surface area is 139 Å². The van der Waals surface area contributed by atoms with Crippen LogP contribution in [-0.4, -0.2) is 32.6 Å². The molecule has 2 heterocycles. The van der Waals surface area contributed by atoms with Crippen molar-refractivity contribution >= 4 is 11.7 Å². The molecule has 3 rings (SSSR count). The van der Waals surface area contributed by atoms with E-state index in [-0.39, 0.29) is 5.91 Å². The number of carbonyl (C=O) groups excluding carboxylic acids is 1. The first-order valence-corrected chi connectivity index (χ1v) is 7.48. The van der Waals surface area contributed by atoms with Gasteiger partial charge in [-0.25, -0.2) is 0 Å². The minimum atomic E-state index is -0.208. The number of rotatable bonds is 4. The van der Waals surface area contributed by atoms with Crippen LogP contribution in [0, 0.1) is 6.92 Å². The van der Waals surface area contributed by atoms with Crippen LogP contribution in [0.3, 0.4) is 0 Å². The second-order valence-corrected chi connectivity index (χ2v) is 5.49. The molecular formula is C17H19N5O2. The first-order chi connectivity index (χ1) is 11.5. The standard InChI is InChI=1S/C17H19N5O2/c1-11-14(10-18-21(11)2)17(23)19-16-9-15(20-22(16)3)12-6-5-7-13(8-12)24-4/h5-10H,1-4H3,(H,19,23). The minimum absolute atomic E-state index is 0.208. The van der Waals surface area contributed by atoms with Crippen LogP contribution in [0.15, 0.2) is 36.5 Å². The molecule has 0 fully saturated rings. The summed E-state index contributed by atoms with van der Waals surface area (Å²) < 4.78 is 8.54. The van der Waals surface area contributed by atoms with Crippen molar-refractivity contribution < 1.29 is 9.53 Å². The Morgan fingerprint density at radius 2 is 2.00 bits per heavy atom. The van der Waals surface area contributed by atoms with Crippen molar-refractivity contribution in [3.63, 3.8) is 0 Å². The SMILES string of the molecule is COc1cccc(-c2cc(NC(=O)c3cnn(C)c3C)n(C)n2)c1. The number of ether oxygens (including phenoxy) is 1. The lowest BCUT2D eigenvalue weighted by molar-refractivity contribution is 0.102. The average Bonchev–Trinajstić information content (AvgIpc) is 3.11. The van der Waals surface area contributed by atoms with Gasteiger partial charge in [0.15, 0.2) is 0 Å². The fourth-order valence-corrected chi connectivity index (χ4v) is 2.41. The number of nitrogens with one attached hydrogen (secondary N) is 1. The zero-order valence-corrected chi connectivity index (χ0v) is 14.1. The molecule has 3 aromatic rings.